The van der Waals surface area contributed by atoms with Gasteiger partial charge in [0, 0.05) is 12.0 Å². The topological polar surface area (TPSA) is 66.4 Å². The second-order valence-corrected chi connectivity index (χ2v) is 3.56. The molecular weight excluding hydrogens is 170 g/mol. The lowest BCUT2D eigenvalue weighted by Crippen LogP contribution is -2.43. The number of amides is 1. The molecule has 0 bridgehead atoms. The van der Waals surface area contributed by atoms with Crippen molar-refractivity contribution < 1.29 is 14.7 Å². The third-order valence-electron chi connectivity index (χ3n) is 2.60. The van der Waals surface area contributed by atoms with Crippen LogP contribution in [0.5, 0.6) is 0 Å². The third-order valence-corrected chi connectivity index (χ3v) is 2.60. The molecule has 0 radical (unpaired) electrons. The van der Waals surface area contributed by atoms with Gasteiger partial charge in [-0.05, 0) is 19.8 Å². The van der Waals surface area contributed by atoms with Crippen LogP contribution in [0.4, 0.5) is 4.79 Å². The number of rotatable bonds is 2. The summed E-state index contributed by atoms with van der Waals surface area (Å²) in [5.74, 6) is -0.0108. The minimum atomic E-state index is -1.03. The number of hydrogen-bond donors (Lipinski definition) is 2. The molecule has 1 saturated carbocycles. The van der Waals surface area contributed by atoms with Crippen LogP contribution in [-0.4, -0.2) is 23.0 Å². The van der Waals surface area contributed by atoms with Gasteiger partial charge in [-0.3, -0.25) is 4.79 Å². The summed E-state index contributed by atoms with van der Waals surface area (Å²) >= 11 is 0. The summed E-state index contributed by atoms with van der Waals surface area (Å²) in [5, 5.41) is 11.0. The zero-order valence-corrected chi connectivity index (χ0v) is 7.75. The highest BCUT2D eigenvalue weighted by Gasteiger charge is 2.29. The lowest BCUT2D eigenvalue weighted by Gasteiger charge is -2.29. The predicted molar refractivity (Wildman–Crippen MR) is 47.6 cm³/mol. The van der Waals surface area contributed by atoms with E-state index in [1.54, 1.807) is 0 Å². The van der Waals surface area contributed by atoms with E-state index in [-0.39, 0.29) is 17.7 Å². The third kappa shape index (κ3) is 2.72. The maximum atomic E-state index is 11.2. The number of carboxylic acid groups (broad SMARTS) is 1. The number of carbonyl (C=O) groups is 2. The molecule has 0 aromatic rings. The van der Waals surface area contributed by atoms with Crippen LogP contribution in [0.15, 0.2) is 0 Å². The van der Waals surface area contributed by atoms with Gasteiger partial charge in [0.1, 0.15) is 5.78 Å². The first-order valence-corrected chi connectivity index (χ1v) is 4.61. The first kappa shape index (κ1) is 10.0. The van der Waals surface area contributed by atoms with Crippen LogP contribution < -0.4 is 5.32 Å². The van der Waals surface area contributed by atoms with E-state index in [1.807, 2.05) is 0 Å². The molecule has 1 fully saturated rings. The molecule has 4 nitrogen and oxygen atoms in total. The van der Waals surface area contributed by atoms with Crippen molar-refractivity contribution in [3.63, 3.8) is 0 Å². The summed E-state index contributed by atoms with van der Waals surface area (Å²) in [6, 6.07) is -0.163. The summed E-state index contributed by atoms with van der Waals surface area (Å²) in [6.45, 7) is 1.53. The van der Waals surface area contributed by atoms with Gasteiger partial charge in [-0.2, -0.15) is 0 Å². The highest BCUT2D eigenvalue weighted by atomic mass is 16.4. The molecule has 1 aliphatic rings. The summed E-state index contributed by atoms with van der Waals surface area (Å²) in [5.41, 5.74) is 0. The Hall–Kier alpha value is -1.06. The number of hydrogen-bond acceptors (Lipinski definition) is 2. The van der Waals surface area contributed by atoms with Gasteiger partial charge in [0.15, 0.2) is 0 Å². The van der Waals surface area contributed by atoms with E-state index in [1.165, 1.54) is 6.92 Å². The molecule has 0 aromatic carbocycles. The molecule has 4 heteroatoms. The Morgan fingerprint density at radius 1 is 1.31 bits per heavy atom. The molecule has 13 heavy (non-hydrogen) atoms. The van der Waals surface area contributed by atoms with Gasteiger partial charge in [-0.25, -0.2) is 4.79 Å². The molecule has 1 amide bonds. The van der Waals surface area contributed by atoms with Gasteiger partial charge >= 0.3 is 6.09 Å². The van der Waals surface area contributed by atoms with Gasteiger partial charge in [0.25, 0.3) is 0 Å². The van der Waals surface area contributed by atoms with Crippen LogP contribution in [0.1, 0.15) is 32.6 Å². The van der Waals surface area contributed by atoms with Gasteiger partial charge in [0.05, 0.1) is 0 Å². The van der Waals surface area contributed by atoms with E-state index < -0.39 is 6.09 Å². The summed E-state index contributed by atoms with van der Waals surface area (Å²) < 4.78 is 0. The highest BCUT2D eigenvalue weighted by Crippen LogP contribution is 2.24. The average molecular weight is 185 g/mol. The van der Waals surface area contributed by atoms with E-state index in [4.69, 9.17) is 5.11 Å². The quantitative estimate of drug-likeness (QED) is 0.683. The van der Waals surface area contributed by atoms with Crippen molar-refractivity contribution >= 4 is 11.9 Å². The fraction of sp³-hybridized carbons (Fsp3) is 0.778. The van der Waals surface area contributed by atoms with E-state index in [0.717, 1.165) is 25.7 Å². The second kappa shape index (κ2) is 4.25. The van der Waals surface area contributed by atoms with Gasteiger partial charge < -0.3 is 10.4 Å². The van der Waals surface area contributed by atoms with Crippen LogP contribution in [0, 0.1) is 5.92 Å². The Labute approximate surface area is 77.3 Å². The normalized spacial score (nSPS) is 28.1. The first-order valence-electron chi connectivity index (χ1n) is 4.61. The van der Waals surface area contributed by atoms with Crippen molar-refractivity contribution in [3.05, 3.63) is 0 Å². The van der Waals surface area contributed by atoms with Crippen molar-refractivity contribution in [1.82, 2.24) is 5.32 Å². The number of Topliss-reactive ketones (excluding diaryl/α,β-unsaturated/α-hetero) is 1. The molecule has 74 valence electrons. The van der Waals surface area contributed by atoms with Crippen molar-refractivity contribution in [2.45, 2.75) is 38.6 Å². The van der Waals surface area contributed by atoms with Crippen LogP contribution in [0.25, 0.3) is 0 Å². The van der Waals surface area contributed by atoms with E-state index in [0.29, 0.717) is 0 Å². The molecule has 1 rings (SSSR count). The van der Waals surface area contributed by atoms with E-state index >= 15 is 0 Å². The number of carbonyl (C=O) groups excluding carboxylic acids is 1. The van der Waals surface area contributed by atoms with Crippen molar-refractivity contribution in [1.29, 1.82) is 0 Å². The molecule has 2 N–H and O–H groups in total. The number of ketones is 1. The number of nitrogens with one attached hydrogen (secondary N) is 1. The molecule has 1 aliphatic carbocycles. The second-order valence-electron chi connectivity index (χ2n) is 3.56. The maximum Gasteiger partial charge on any atom is 0.404 e. The fourth-order valence-electron chi connectivity index (χ4n) is 1.95. The van der Waals surface area contributed by atoms with Gasteiger partial charge in [0.2, 0.25) is 0 Å². The SMILES string of the molecule is CC(=O)[C@@H]1CCCC[C@H]1NC(=O)O. The minimum Gasteiger partial charge on any atom is -0.465 e. The standard InChI is InChI=1S/C9H15NO3/c1-6(11)7-4-2-3-5-8(7)10-9(12)13/h7-8,10H,2-5H2,1H3,(H,12,13)/t7-,8+/m0/s1. The zero-order chi connectivity index (χ0) is 9.84. The van der Waals surface area contributed by atoms with Crippen molar-refractivity contribution in [3.8, 4) is 0 Å². The monoisotopic (exact) mass is 185 g/mol. The van der Waals surface area contributed by atoms with Crippen molar-refractivity contribution in [2.24, 2.45) is 5.92 Å². The molecule has 0 spiro atoms. The smallest absolute Gasteiger partial charge is 0.404 e. The van der Waals surface area contributed by atoms with Crippen LogP contribution in [0.3, 0.4) is 0 Å². The molecule has 0 unspecified atom stereocenters. The van der Waals surface area contributed by atoms with E-state index in [9.17, 15) is 9.59 Å². The lowest BCUT2D eigenvalue weighted by molar-refractivity contribution is -0.122. The fourth-order valence-corrected chi connectivity index (χ4v) is 1.95. The van der Waals surface area contributed by atoms with Crippen molar-refractivity contribution in [2.75, 3.05) is 0 Å². The molecule has 2 atom stereocenters. The molecule has 0 aliphatic heterocycles. The Balaban J connectivity index is 2.56. The van der Waals surface area contributed by atoms with E-state index in [2.05, 4.69) is 5.32 Å². The Bertz CT molecular complexity index is 215. The van der Waals surface area contributed by atoms with Crippen LogP contribution in [0.2, 0.25) is 0 Å². The lowest BCUT2D eigenvalue weighted by atomic mass is 9.82. The largest absolute Gasteiger partial charge is 0.465 e. The summed E-state index contributed by atoms with van der Waals surface area (Å²) in [7, 11) is 0. The predicted octanol–water partition coefficient (Wildman–Crippen LogP) is 1.40. The van der Waals surface area contributed by atoms with Crippen LogP contribution in [-0.2, 0) is 4.79 Å². The first-order chi connectivity index (χ1) is 6.11. The molecular formula is C9H15NO3. The van der Waals surface area contributed by atoms with Gasteiger partial charge in [-0.1, -0.05) is 12.8 Å². The zero-order valence-electron chi connectivity index (χ0n) is 7.75. The highest BCUT2D eigenvalue weighted by molar-refractivity contribution is 5.80. The molecule has 0 aromatic heterocycles. The Morgan fingerprint density at radius 2 is 1.92 bits per heavy atom. The maximum absolute atomic E-state index is 11.2. The molecule has 0 saturated heterocycles. The summed E-state index contributed by atoms with van der Waals surface area (Å²) in [6.07, 6.45) is 2.62. The average Bonchev–Trinajstić information content (AvgIpc) is 2.03. The van der Waals surface area contributed by atoms with Gasteiger partial charge in [-0.15, -0.1) is 0 Å². The summed E-state index contributed by atoms with van der Waals surface area (Å²) in [4.78, 5) is 21.6. The molecule has 0 heterocycles. The van der Waals surface area contributed by atoms with Crippen LogP contribution >= 0.6 is 0 Å². The Morgan fingerprint density at radius 3 is 2.46 bits per heavy atom. The Kier molecular flexibility index (Phi) is 3.28. The minimum absolute atomic E-state index is 0.0958.